The molecule has 8 heteroatoms. The van der Waals surface area contributed by atoms with Crippen molar-refractivity contribution in [3.05, 3.63) is 0 Å². The molecule has 0 unspecified atom stereocenters. The zero-order valence-corrected chi connectivity index (χ0v) is 25.2. The Kier molecular flexibility index (Phi) is 9.48. The van der Waals surface area contributed by atoms with E-state index in [-0.39, 0.29) is 29.3 Å². The minimum absolute atomic E-state index is 0.00412. The standard InChI is InChI=1S/C30H54N4O4/c1-8-29(19-32-11-9-12-32)20-37-30(38-21-29)10-13-33(24(6)18-30)28(36)26(17-23(4)5)34-15-14-31(7)25(27(34)35)16-22(2)3/h22-26H,8-21H2,1-7H3/t24-,25-,26-,29?,30?/m0/s1. The van der Waals surface area contributed by atoms with Crippen molar-refractivity contribution < 1.29 is 19.1 Å². The van der Waals surface area contributed by atoms with Gasteiger partial charge >= 0.3 is 0 Å². The summed E-state index contributed by atoms with van der Waals surface area (Å²) in [7, 11) is 2.04. The summed E-state index contributed by atoms with van der Waals surface area (Å²) < 4.78 is 13.1. The first-order valence-electron chi connectivity index (χ1n) is 15.3. The molecule has 0 N–H and O–H groups in total. The molecule has 0 aromatic rings. The van der Waals surface area contributed by atoms with Gasteiger partial charge in [0.25, 0.3) is 0 Å². The molecule has 1 spiro atoms. The third-order valence-electron chi connectivity index (χ3n) is 9.54. The quantitative estimate of drug-likeness (QED) is 0.452. The van der Waals surface area contributed by atoms with Gasteiger partial charge in [-0.3, -0.25) is 14.5 Å². The molecule has 3 atom stereocenters. The van der Waals surface area contributed by atoms with E-state index in [9.17, 15) is 9.59 Å². The van der Waals surface area contributed by atoms with E-state index in [4.69, 9.17) is 9.47 Å². The number of carbonyl (C=O) groups is 2. The molecule has 2 amide bonds. The van der Waals surface area contributed by atoms with E-state index < -0.39 is 11.8 Å². The highest BCUT2D eigenvalue weighted by Gasteiger charge is 2.50. The minimum atomic E-state index is -0.594. The molecule has 0 aliphatic carbocycles. The highest BCUT2D eigenvalue weighted by Crippen LogP contribution is 2.41. The molecule has 0 saturated carbocycles. The zero-order chi connectivity index (χ0) is 27.7. The first kappa shape index (κ1) is 29.8. The van der Waals surface area contributed by atoms with Crippen LogP contribution in [-0.2, 0) is 19.1 Å². The fourth-order valence-corrected chi connectivity index (χ4v) is 6.78. The first-order valence-corrected chi connectivity index (χ1v) is 15.3. The second-order valence-electron chi connectivity index (χ2n) is 13.6. The molecule has 0 radical (unpaired) electrons. The van der Waals surface area contributed by atoms with Crippen LogP contribution in [0.2, 0.25) is 0 Å². The second-order valence-corrected chi connectivity index (χ2v) is 13.6. The lowest BCUT2D eigenvalue weighted by atomic mass is 9.83. The van der Waals surface area contributed by atoms with E-state index in [0.29, 0.717) is 44.2 Å². The molecule has 218 valence electrons. The maximum absolute atomic E-state index is 14.1. The van der Waals surface area contributed by atoms with Gasteiger partial charge < -0.3 is 24.2 Å². The Morgan fingerprint density at radius 3 is 2.24 bits per heavy atom. The lowest BCUT2D eigenvalue weighted by Crippen LogP contribution is -2.64. The van der Waals surface area contributed by atoms with Crippen LogP contribution >= 0.6 is 0 Å². The highest BCUT2D eigenvalue weighted by atomic mass is 16.7. The number of carbonyl (C=O) groups excluding carboxylic acids is 2. The van der Waals surface area contributed by atoms with Crippen molar-refractivity contribution in [2.24, 2.45) is 17.3 Å². The molecule has 4 aliphatic rings. The minimum Gasteiger partial charge on any atom is -0.349 e. The normalized spacial score (nSPS) is 34.3. The fourth-order valence-electron chi connectivity index (χ4n) is 6.78. The number of amides is 2. The molecular weight excluding hydrogens is 480 g/mol. The first-order chi connectivity index (χ1) is 18.0. The van der Waals surface area contributed by atoms with Gasteiger partial charge in [-0.05, 0) is 64.6 Å². The van der Waals surface area contributed by atoms with Gasteiger partial charge in [0, 0.05) is 50.5 Å². The third-order valence-corrected chi connectivity index (χ3v) is 9.54. The summed E-state index contributed by atoms with van der Waals surface area (Å²) in [4.78, 5) is 36.4. The maximum Gasteiger partial charge on any atom is 0.245 e. The van der Waals surface area contributed by atoms with Crippen LogP contribution in [0.5, 0.6) is 0 Å². The molecule has 4 heterocycles. The van der Waals surface area contributed by atoms with Crippen LogP contribution < -0.4 is 0 Å². The van der Waals surface area contributed by atoms with E-state index in [1.54, 1.807) is 0 Å². The van der Waals surface area contributed by atoms with Crippen molar-refractivity contribution in [3.8, 4) is 0 Å². The van der Waals surface area contributed by atoms with Crippen LogP contribution in [0.25, 0.3) is 0 Å². The summed E-state index contributed by atoms with van der Waals surface area (Å²) >= 11 is 0. The largest absolute Gasteiger partial charge is 0.349 e. The average molecular weight is 535 g/mol. The summed E-state index contributed by atoms with van der Waals surface area (Å²) in [6.07, 6.45) is 5.23. The van der Waals surface area contributed by atoms with E-state index in [0.717, 1.165) is 39.1 Å². The number of likely N-dealkylation sites (tertiary alicyclic amines) is 2. The fraction of sp³-hybridized carbons (Fsp3) is 0.933. The average Bonchev–Trinajstić information content (AvgIpc) is 2.84. The van der Waals surface area contributed by atoms with Gasteiger partial charge in [-0.1, -0.05) is 34.6 Å². The van der Waals surface area contributed by atoms with Crippen molar-refractivity contribution in [2.45, 2.75) is 104 Å². The van der Waals surface area contributed by atoms with Crippen LogP contribution in [0.1, 0.15) is 80.1 Å². The Morgan fingerprint density at radius 1 is 1.03 bits per heavy atom. The molecular formula is C30H54N4O4. The topological polar surface area (TPSA) is 65.6 Å². The smallest absolute Gasteiger partial charge is 0.245 e. The number of piperazine rings is 1. The zero-order valence-electron chi connectivity index (χ0n) is 25.2. The highest BCUT2D eigenvalue weighted by molar-refractivity contribution is 5.90. The maximum atomic E-state index is 14.1. The van der Waals surface area contributed by atoms with Gasteiger partial charge in [-0.15, -0.1) is 0 Å². The van der Waals surface area contributed by atoms with Crippen LogP contribution in [0.4, 0.5) is 0 Å². The second kappa shape index (κ2) is 12.1. The van der Waals surface area contributed by atoms with Crippen molar-refractivity contribution in [1.82, 2.24) is 19.6 Å². The van der Waals surface area contributed by atoms with Crippen LogP contribution in [0.3, 0.4) is 0 Å². The Balaban J connectivity index is 1.42. The summed E-state index contributed by atoms with van der Waals surface area (Å²) in [5.41, 5.74) is 0.0680. The molecule has 0 aromatic carbocycles. The number of rotatable bonds is 9. The Labute approximate surface area is 231 Å². The van der Waals surface area contributed by atoms with Crippen LogP contribution in [0, 0.1) is 17.3 Å². The Bertz CT molecular complexity index is 821. The van der Waals surface area contributed by atoms with Crippen LogP contribution in [-0.4, -0.2) is 115 Å². The van der Waals surface area contributed by atoms with Gasteiger partial charge in [0.1, 0.15) is 6.04 Å². The van der Waals surface area contributed by atoms with Gasteiger partial charge in [0.2, 0.25) is 11.8 Å². The Morgan fingerprint density at radius 2 is 1.71 bits per heavy atom. The predicted octanol–water partition coefficient (Wildman–Crippen LogP) is 3.45. The van der Waals surface area contributed by atoms with Crippen LogP contribution in [0.15, 0.2) is 0 Å². The SMILES string of the molecule is CCC1(CN2CCC2)COC2(CCN(C(=O)[C@H](CC(C)C)N3CCN(C)[C@@H](CC(C)C)C3=O)[C@@H](C)C2)OC1. The number of piperidine rings is 1. The van der Waals surface area contributed by atoms with Crippen molar-refractivity contribution in [1.29, 1.82) is 0 Å². The summed E-state index contributed by atoms with van der Waals surface area (Å²) in [6.45, 7) is 19.9. The number of ether oxygens (including phenoxy) is 2. The molecule has 4 aliphatic heterocycles. The lowest BCUT2D eigenvalue weighted by Gasteiger charge is -2.53. The number of likely N-dealkylation sites (N-methyl/N-ethyl adjacent to an activating group) is 1. The molecule has 8 nitrogen and oxygen atoms in total. The summed E-state index contributed by atoms with van der Waals surface area (Å²) in [5.74, 6) is 0.369. The van der Waals surface area contributed by atoms with Gasteiger partial charge in [0.15, 0.2) is 5.79 Å². The summed E-state index contributed by atoms with van der Waals surface area (Å²) in [5, 5.41) is 0. The van der Waals surface area contributed by atoms with E-state index >= 15 is 0 Å². The number of hydrogen-bond donors (Lipinski definition) is 0. The molecule has 4 saturated heterocycles. The third kappa shape index (κ3) is 6.39. The monoisotopic (exact) mass is 534 g/mol. The Hall–Kier alpha value is -1.22. The van der Waals surface area contributed by atoms with Crippen molar-refractivity contribution in [2.75, 3.05) is 59.5 Å². The molecule has 38 heavy (non-hydrogen) atoms. The van der Waals surface area contributed by atoms with Gasteiger partial charge in [0.05, 0.1) is 19.3 Å². The van der Waals surface area contributed by atoms with Crippen molar-refractivity contribution in [3.63, 3.8) is 0 Å². The lowest BCUT2D eigenvalue weighted by molar-refractivity contribution is -0.323. The molecule has 4 rings (SSSR count). The molecule has 0 aromatic heterocycles. The van der Waals surface area contributed by atoms with Crippen molar-refractivity contribution >= 4 is 11.8 Å². The van der Waals surface area contributed by atoms with E-state index in [1.807, 2.05) is 16.8 Å². The number of hydrogen-bond acceptors (Lipinski definition) is 6. The summed E-state index contributed by atoms with van der Waals surface area (Å²) in [6, 6.07) is -0.545. The molecule has 4 fully saturated rings. The van der Waals surface area contributed by atoms with E-state index in [2.05, 4.69) is 51.3 Å². The molecule has 0 bridgehead atoms. The van der Waals surface area contributed by atoms with E-state index in [1.165, 1.54) is 19.5 Å². The number of nitrogens with zero attached hydrogens (tertiary/aromatic N) is 4. The van der Waals surface area contributed by atoms with Gasteiger partial charge in [-0.2, -0.15) is 0 Å². The van der Waals surface area contributed by atoms with Gasteiger partial charge in [-0.25, -0.2) is 0 Å². The predicted molar refractivity (Wildman–Crippen MR) is 150 cm³/mol.